The average molecular weight is 471 g/mol. The largest absolute Gasteiger partial charge is 0.507 e. The minimum Gasteiger partial charge on any atom is -0.507 e. The maximum Gasteiger partial charge on any atom is 0.295 e. The van der Waals surface area contributed by atoms with Gasteiger partial charge in [-0.05, 0) is 55.9 Å². The summed E-state index contributed by atoms with van der Waals surface area (Å²) in [4.78, 5) is 29.7. The number of likely N-dealkylation sites (tertiary alicyclic amines) is 1. The standard InChI is InChI=1S/C29H30N2O4/c1-20-18-23(35-19-21-10-6-4-7-11-21)14-15-24(20)27(32)25-26(22-12-8-5-9-13-22)31(17-16-30(2)3)29(34)28(25)33/h4-15,18,26,32H,16-17,19H2,1-3H3/b27-25+/t26-/m0/s1. The van der Waals surface area contributed by atoms with E-state index in [4.69, 9.17) is 4.74 Å². The first-order valence-corrected chi connectivity index (χ1v) is 11.6. The summed E-state index contributed by atoms with van der Waals surface area (Å²) in [6.45, 7) is 3.25. The maximum atomic E-state index is 13.1. The normalized spacial score (nSPS) is 17.3. The highest BCUT2D eigenvalue weighted by molar-refractivity contribution is 6.46. The van der Waals surface area contributed by atoms with E-state index in [0.717, 1.165) is 16.7 Å². The Morgan fingerprint density at radius 3 is 2.26 bits per heavy atom. The van der Waals surface area contributed by atoms with Gasteiger partial charge in [-0.2, -0.15) is 0 Å². The third-order valence-electron chi connectivity index (χ3n) is 6.14. The Kier molecular flexibility index (Phi) is 7.32. The molecule has 0 spiro atoms. The number of aliphatic hydroxyl groups excluding tert-OH is 1. The molecule has 6 nitrogen and oxygen atoms in total. The number of nitrogens with zero attached hydrogens (tertiary/aromatic N) is 2. The maximum absolute atomic E-state index is 13.1. The molecule has 0 bridgehead atoms. The summed E-state index contributed by atoms with van der Waals surface area (Å²) in [7, 11) is 3.83. The molecule has 180 valence electrons. The number of amides is 1. The van der Waals surface area contributed by atoms with E-state index in [2.05, 4.69) is 0 Å². The van der Waals surface area contributed by atoms with Crippen molar-refractivity contribution in [3.05, 3.63) is 107 Å². The lowest BCUT2D eigenvalue weighted by atomic mass is 9.94. The minimum atomic E-state index is -0.668. The van der Waals surface area contributed by atoms with Crippen molar-refractivity contribution in [3.63, 3.8) is 0 Å². The van der Waals surface area contributed by atoms with Gasteiger partial charge in [0, 0.05) is 18.7 Å². The van der Waals surface area contributed by atoms with E-state index in [1.54, 1.807) is 17.0 Å². The van der Waals surface area contributed by atoms with Gasteiger partial charge in [-0.15, -0.1) is 0 Å². The topological polar surface area (TPSA) is 70.1 Å². The monoisotopic (exact) mass is 470 g/mol. The molecule has 3 aromatic rings. The van der Waals surface area contributed by atoms with Crippen LogP contribution in [0.15, 0.2) is 84.4 Å². The van der Waals surface area contributed by atoms with Crippen molar-refractivity contribution in [2.45, 2.75) is 19.6 Å². The van der Waals surface area contributed by atoms with E-state index in [-0.39, 0.29) is 11.3 Å². The highest BCUT2D eigenvalue weighted by Gasteiger charge is 2.45. The summed E-state index contributed by atoms with van der Waals surface area (Å²) >= 11 is 0. The molecule has 0 radical (unpaired) electrons. The summed E-state index contributed by atoms with van der Waals surface area (Å²) in [6.07, 6.45) is 0. The molecular formula is C29H30N2O4. The Hall–Kier alpha value is -3.90. The van der Waals surface area contributed by atoms with E-state index in [9.17, 15) is 14.7 Å². The molecule has 4 rings (SSSR count). The quantitative estimate of drug-likeness (QED) is 0.297. The molecule has 6 heteroatoms. The summed E-state index contributed by atoms with van der Waals surface area (Å²) in [5.74, 6) is -0.771. The van der Waals surface area contributed by atoms with Gasteiger partial charge in [-0.3, -0.25) is 9.59 Å². The van der Waals surface area contributed by atoms with Crippen LogP contribution in [0.1, 0.15) is 28.3 Å². The number of likely N-dealkylation sites (N-methyl/N-ethyl adjacent to an activating group) is 1. The van der Waals surface area contributed by atoms with Crippen LogP contribution >= 0.6 is 0 Å². The van der Waals surface area contributed by atoms with Crippen molar-refractivity contribution < 1.29 is 19.4 Å². The molecule has 0 unspecified atom stereocenters. The molecule has 0 aliphatic carbocycles. The van der Waals surface area contributed by atoms with Gasteiger partial charge in [0.05, 0.1) is 11.6 Å². The summed E-state index contributed by atoms with van der Waals surface area (Å²) < 4.78 is 5.90. The highest BCUT2D eigenvalue weighted by atomic mass is 16.5. The van der Waals surface area contributed by atoms with Crippen LogP contribution in [0.3, 0.4) is 0 Å². The molecule has 3 aromatic carbocycles. The second-order valence-electron chi connectivity index (χ2n) is 8.96. The van der Waals surface area contributed by atoms with E-state index >= 15 is 0 Å². The van der Waals surface area contributed by atoms with Crippen LogP contribution in [0.4, 0.5) is 0 Å². The smallest absolute Gasteiger partial charge is 0.295 e. The number of carbonyl (C=O) groups excluding carboxylic acids is 2. The third-order valence-corrected chi connectivity index (χ3v) is 6.14. The number of hydrogen-bond acceptors (Lipinski definition) is 5. The lowest BCUT2D eigenvalue weighted by Crippen LogP contribution is -2.35. The molecule has 1 N–H and O–H groups in total. The van der Waals surface area contributed by atoms with Gasteiger partial charge in [-0.1, -0.05) is 60.7 Å². The first-order chi connectivity index (χ1) is 16.9. The van der Waals surface area contributed by atoms with Crippen molar-refractivity contribution in [1.29, 1.82) is 0 Å². The lowest BCUT2D eigenvalue weighted by molar-refractivity contribution is -0.140. The van der Waals surface area contributed by atoms with E-state index in [1.165, 1.54) is 0 Å². The van der Waals surface area contributed by atoms with Gasteiger partial charge >= 0.3 is 0 Å². The van der Waals surface area contributed by atoms with Crippen molar-refractivity contribution in [3.8, 4) is 5.75 Å². The Morgan fingerprint density at radius 2 is 1.63 bits per heavy atom. The molecule has 0 saturated carbocycles. The number of aliphatic hydroxyl groups is 1. The number of rotatable bonds is 8. The van der Waals surface area contributed by atoms with Gasteiger partial charge in [-0.25, -0.2) is 0 Å². The number of ketones is 1. The molecule has 1 fully saturated rings. The lowest BCUT2D eigenvalue weighted by Gasteiger charge is -2.26. The summed E-state index contributed by atoms with van der Waals surface area (Å²) in [5.41, 5.74) is 3.20. The first kappa shape index (κ1) is 24.2. The highest BCUT2D eigenvalue weighted by Crippen LogP contribution is 2.40. The summed E-state index contributed by atoms with van der Waals surface area (Å²) in [5, 5.41) is 11.3. The Morgan fingerprint density at radius 1 is 0.971 bits per heavy atom. The van der Waals surface area contributed by atoms with Crippen LogP contribution in [0.25, 0.3) is 5.76 Å². The SMILES string of the molecule is Cc1cc(OCc2ccccc2)ccc1/C(O)=C1\C(=O)C(=O)N(CCN(C)C)[C@H]1c1ccccc1. The average Bonchev–Trinajstić information content (AvgIpc) is 3.12. The van der Waals surface area contributed by atoms with Crippen molar-refractivity contribution in [1.82, 2.24) is 9.80 Å². The van der Waals surface area contributed by atoms with Crippen LogP contribution in [-0.2, 0) is 16.2 Å². The van der Waals surface area contributed by atoms with Crippen molar-refractivity contribution >= 4 is 17.4 Å². The van der Waals surface area contributed by atoms with Gasteiger partial charge in [0.2, 0.25) is 0 Å². The molecule has 1 atom stereocenters. The number of hydrogen-bond donors (Lipinski definition) is 1. The minimum absolute atomic E-state index is 0.112. The van der Waals surface area contributed by atoms with Gasteiger partial charge < -0.3 is 19.6 Å². The number of aryl methyl sites for hydroxylation is 1. The van der Waals surface area contributed by atoms with Gasteiger partial charge in [0.25, 0.3) is 11.7 Å². The van der Waals surface area contributed by atoms with Crippen LogP contribution in [0, 0.1) is 6.92 Å². The second-order valence-corrected chi connectivity index (χ2v) is 8.96. The third kappa shape index (κ3) is 5.28. The van der Waals surface area contributed by atoms with Gasteiger partial charge in [0.1, 0.15) is 18.1 Å². The zero-order valence-corrected chi connectivity index (χ0v) is 20.3. The van der Waals surface area contributed by atoms with E-state index < -0.39 is 17.7 Å². The van der Waals surface area contributed by atoms with Crippen LogP contribution in [-0.4, -0.2) is 53.8 Å². The fraction of sp³-hybridized carbons (Fsp3) is 0.241. The fourth-order valence-electron chi connectivity index (χ4n) is 4.28. The zero-order valence-electron chi connectivity index (χ0n) is 20.3. The number of benzene rings is 3. The predicted octanol–water partition coefficient (Wildman–Crippen LogP) is 4.56. The number of ether oxygens (including phenoxy) is 1. The predicted molar refractivity (Wildman–Crippen MR) is 136 cm³/mol. The zero-order chi connectivity index (χ0) is 24.9. The van der Waals surface area contributed by atoms with Gasteiger partial charge in [0.15, 0.2) is 0 Å². The molecule has 1 aliphatic heterocycles. The second kappa shape index (κ2) is 10.6. The molecule has 1 heterocycles. The van der Waals surface area contributed by atoms with Crippen LogP contribution in [0.5, 0.6) is 5.75 Å². The summed E-state index contributed by atoms with van der Waals surface area (Å²) in [6, 6.07) is 23.9. The molecule has 1 saturated heterocycles. The molecule has 0 aromatic heterocycles. The number of carbonyl (C=O) groups is 2. The first-order valence-electron chi connectivity index (χ1n) is 11.6. The Bertz CT molecular complexity index is 1240. The molecule has 35 heavy (non-hydrogen) atoms. The Labute approximate surface area is 206 Å². The van der Waals surface area contributed by atoms with E-state index in [1.807, 2.05) is 92.6 Å². The van der Waals surface area contributed by atoms with Crippen LogP contribution in [0.2, 0.25) is 0 Å². The fourth-order valence-corrected chi connectivity index (χ4v) is 4.28. The Balaban J connectivity index is 1.68. The molecule has 1 aliphatic rings. The van der Waals surface area contributed by atoms with Crippen molar-refractivity contribution in [2.75, 3.05) is 27.2 Å². The van der Waals surface area contributed by atoms with Crippen molar-refractivity contribution in [2.24, 2.45) is 0 Å². The number of Topliss-reactive ketones (excluding diaryl/α,β-unsaturated/α-hetero) is 1. The van der Waals surface area contributed by atoms with Crippen LogP contribution < -0.4 is 4.74 Å². The molecule has 1 amide bonds. The molecular weight excluding hydrogens is 440 g/mol. The van der Waals surface area contributed by atoms with E-state index in [0.29, 0.717) is 31.0 Å².